The van der Waals surface area contributed by atoms with Crippen LogP contribution in [0.15, 0.2) is 36.5 Å². The van der Waals surface area contributed by atoms with Crippen LogP contribution in [0.1, 0.15) is 18.1 Å². The van der Waals surface area contributed by atoms with Crippen molar-refractivity contribution in [1.82, 2.24) is 9.97 Å². The summed E-state index contributed by atoms with van der Waals surface area (Å²) in [7, 11) is 0. The molecule has 17 heavy (non-hydrogen) atoms. The number of hydrogen-bond acceptors (Lipinski definition) is 3. The number of aryl methyl sites for hydroxylation is 1. The molecule has 4 heteroatoms. The minimum atomic E-state index is 0.276. The Morgan fingerprint density at radius 1 is 1.24 bits per heavy atom. The van der Waals surface area contributed by atoms with E-state index in [1.807, 2.05) is 18.2 Å². The van der Waals surface area contributed by atoms with Gasteiger partial charge < -0.3 is 5.32 Å². The van der Waals surface area contributed by atoms with Gasteiger partial charge in [0.2, 0.25) is 5.28 Å². The molecule has 0 spiro atoms. The van der Waals surface area contributed by atoms with E-state index in [0.717, 1.165) is 24.3 Å². The fourth-order valence-corrected chi connectivity index (χ4v) is 1.71. The SMILES string of the molecule is CCc1cnc(Cl)nc1NCc1ccccc1. The Kier molecular flexibility index (Phi) is 3.94. The molecule has 1 heterocycles. The molecule has 0 amide bonds. The second-order valence-corrected chi connectivity index (χ2v) is 4.04. The predicted octanol–water partition coefficient (Wildman–Crippen LogP) is 3.30. The first kappa shape index (κ1) is 11.9. The van der Waals surface area contributed by atoms with Gasteiger partial charge in [-0.1, -0.05) is 37.3 Å². The third kappa shape index (κ3) is 3.17. The molecule has 0 aliphatic carbocycles. The van der Waals surface area contributed by atoms with Crippen molar-refractivity contribution in [1.29, 1.82) is 0 Å². The number of halogens is 1. The standard InChI is InChI=1S/C13H14ClN3/c1-2-11-9-16-13(14)17-12(11)15-8-10-6-4-3-5-7-10/h3-7,9H,2,8H2,1H3,(H,15,16,17). The van der Waals surface area contributed by atoms with Crippen molar-refractivity contribution in [2.45, 2.75) is 19.9 Å². The number of aromatic nitrogens is 2. The first-order valence-corrected chi connectivity index (χ1v) is 5.96. The van der Waals surface area contributed by atoms with E-state index < -0.39 is 0 Å². The lowest BCUT2D eigenvalue weighted by atomic mass is 10.2. The molecule has 1 aromatic carbocycles. The minimum absolute atomic E-state index is 0.276. The predicted molar refractivity (Wildman–Crippen MR) is 70.2 cm³/mol. The van der Waals surface area contributed by atoms with Crippen molar-refractivity contribution in [3.63, 3.8) is 0 Å². The van der Waals surface area contributed by atoms with Crippen LogP contribution in [0.5, 0.6) is 0 Å². The number of hydrogen-bond donors (Lipinski definition) is 1. The van der Waals surface area contributed by atoms with Crippen LogP contribution in [0.2, 0.25) is 5.28 Å². The van der Waals surface area contributed by atoms with Crippen molar-refractivity contribution in [3.8, 4) is 0 Å². The van der Waals surface area contributed by atoms with Gasteiger partial charge in [0.05, 0.1) is 0 Å². The van der Waals surface area contributed by atoms with Crippen LogP contribution < -0.4 is 5.32 Å². The maximum atomic E-state index is 5.79. The summed E-state index contributed by atoms with van der Waals surface area (Å²) < 4.78 is 0. The molecule has 2 aromatic rings. The summed E-state index contributed by atoms with van der Waals surface area (Å²) in [5, 5.41) is 3.56. The highest BCUT2D eigenvalue weighted by Gasteiger charge is 2.04. The summed E-state index contributed by atoms with van der Waals surface area (Å²) in [4.78, 5) is 8.18. The highest BCUT2D eigenvalue weighted by atomic mass is 35.5. The smallest absolute Gasteiger partial charge is 0.224 e. The largest absolute Gasteiger partial charge is 0.366 e. The van der Waals surface area contributed by atoms with Crippen molar-refractivity contribution in [2.24, 2.45) is 0 Å². The molecule has 88 valence electrons. The molecule has 0 atom stereocenters. The lowest BCUT2D eigenvalue weighted by Crippen LogP contribution is -2.05. The Morgan fingerprint density at radius 3 is 2.71 bits per heavy atom. The van der Waals surface area contributed by atoms with Gasteiger partial charge in [0.15, 0.2) is 0 Å². The Hall–Kier alpha value is -1.61. The van der Waals surface area contributed by atoms with E-state index in [-0.39, 0.29) is 5.28 Å². The van der Waals surface area contributed by atoms with Crippen LogP contribution in [-0.2, 0) is 13.0 Å². The van der Waals surface area contributed by atoms with Crippen LogP contribution in [0.4, 0.5) is 5.82 Å². The monoisotopic (exact) mass is 247 g/mol. The van der Waals surface area contributed by atoms with Crippen LogP contribution in [-0.4, -0.2) is 9.97 Å². The zero-order chi connectivity index (χ0) is 12.1. The number of nitrogens with one attached hydrogen (secondary N) is 1. The van der Waals surface area contributed by atoms with Crippen LogP contribution in [0.25, 0.3) is 0 Å². The van der Waals surface area contributed by atoms with E-state index in [2.05, 4.69) is 34.3 Å². The second-order valence-electron chi connectivity index (χ2n) is 3.71. The number of benzene rings is 1. The lowest BCUT2D eigenvalue weighted by molar-refractivity contribution is 1.01. The number of rotatable bonds is 4. The average molecular weight is 248 g/mol. The molecule has 0 fully saturated rings. The van der Waals surface area contributed by atoms with Gasteiger partial charge in [-0.2, -0.15) is 0 Å². The van der Waals surface area contributed by atoms with Crippen molar-refractivity contribution in [3.05, 3.63) is 52.9 Å². The maximum Gasteiger partial charge on any atom is 0.224 e. The normalized spacial score (nSPS) is 10.2. The lowest BCUT2D eigenvalue weighted by Gasteiger charge is -2.09. The van der Waals surface area contributed by atoms with Gasteiger partial charge in [-0.3, -0.25) is 0 Å². The zero-order valence-corrected chi connectivity index (χ0v) is 10.4. The van der Waals surface area contributed by atoms with E-state index in [9.17, 15) is 0 Å². The summed E-state index contributed by atoms with van der Waals surface area (Å²) in [5.41, 5.74) is 2.29. The minimum Gasteiger partial charge on any atom is -0.366 e. The topological polar surface area (TPSA) is 37.8 Å². The van der Waals surface area contributed by atoms with Gasteiger partial charge in [0.1, 0.15) is 5.82 Å². The molecule has 0 saturated heterocycles. The van der Waals surface area contributed by atoms with E-state index in [4.69, 9.17) is 11.6 Å². The van der Waals surface area contributed by atoms with Gasteiger partial charge in [0.25, 0.3) is 0 Å². The summed E-state index contributed by atoms with van der Waals surface area (Å²) in [6, 6.07) is 10.2. The van der Waals surface area contributed by atoms with Crippen molar-refractivity contribution >= 4 is 17.4 Å². The average Bonchev–Trinajstić information content (AvgIpc) is 2.38. The first-order chi connectivity index (χ1) is 8.29. The third-order valence-corrected chi connectivity index (χ3v) is 2.70. The number of nitrogens with zero attached hydrogens (tertiary/aromatic N) is 2. The summed E-state index contributed by atoms with van der Waals surface area (Å²) in [6.45, 7) is 2.81. The Bertz CT molecular complexity index is 485. The van der Waals surface area contributed by atoms with Gasteiger partial charge in [-0.15, -0.1) is 0 Å². The molecule has 0 radical (unpaired) electrons. The number of anilines is 1. The molecule has 0 aliphatic rings. The molecule has 0 bridgehead atoms. The zero-order valence-electron chi connectivity index (χ0n) is 9.65. The molecule has 3 nitrogen and oxygen atoms in total. The summed E-state index contributed by atoms with van der Waals surface area (Å²) in [5.74, 6) is 0.816. The molecule has 1 aromatic heterocycles. The fourth-order valence-electron chi connectivity index (χ4n) is 1.58. The van der Waals surface area contributed by atoms with Crippen LogP contribution in [0, 0.1) is 0 Å². The molecule has 0 aliphatic heterocycles. The van der Waals surface area contributed by atoms with E-state index >= 15 is 0 Å². The van der Waals surface area contributed by atoms with Crippen LogP contribution in [0.3, 0.4) is 0 Å². The highest BCUT2D eigenvalue weighted by Crippen LogP contribution is 2.15. The van der Waals surface area contributed by atoms with E-state index in [1.165, 1.54) is 5.56 Å². The Balaban J connectivity index is 2.11. The maximum absolute atomic E-state index is 5.79. The summed E-state index contributed by atoms with van der Waals surface area (Å²) in [6.07, 6.45) is 2.65. The quantitative estimate of drug-likeness (QED) is 0.843. The highest BCUT2D eigenvalue weighted by molar-refractivity contribution is 6.28. The van der Waals surface area contributed by atoms with Crippen molar-refractivity contribution < 1.29 is 0 Å². The van der Waals surface area contributed by atoms with Crippen molar-refractivity contribution in [2.75, 3.05) is 5.32 Å². The van der Waals surface area contributed by atoms with Gasteiger partial charge in [-0.05, 0) is 23.6 Å². The molecule has 2 rings (SSSR count). The first-order valence-electron chi connectivity index (χ1n) is 5.59. The molecule has 0 unspecified atom stereocenters. The Labute approximate surface area is 106 Å². The fraction of sp³-hybridized carbons (Fsp3) is 0.231. The van der Waals surface area contributed by atoms with Gasteiger partial charge in [0, 0.05) is 18.3 Å². The molecular weight excluding hydrogens is 234 g/mol. The van der Waals surface area contributed by atoms with E-state index in [1.54, 1.807) is 6.20 Å². The van der Waals surface area contributed by atoms with Gasteiger partial charge in [-0.25, -0.2) is 9.97 Å². The molecule has 0 saturated carbocycles. The molecule has 1 N–H and O–H groups in total. The Morgan fingerprint density at radius 2 is 2.00 bits per heavy atom. The molecular formula is C13H14ClN3. The van der Waals surface area contributed by atoms with Crippen LogP contribution >= 0.6 is 11.6 Å². The third-order valence-electron chi connectivity index (χ3n) is 2.52. The van der Waals surface area contributed by atoms with E-state index in [0.29, 0.717) is 0 Å². The summed E-state index contributed by atoms with van der Waals surface area (Å²) >= 11 is 5.79. The second kappa shape index (κ2) is 5.64. The van der Waals surface area contributed by atoms with Gasteiger partial charge >= 0.3 is 0 Å².